The molecule has 0 unspecified atom stereocenters. The van der Waals surface area contributed by atoms with Crippen molar-refractivity contribution < 1.29 is 22.4 Å². The lowest BCUT2D eigenvalue weighted by atomic mass is 10.2. The fourth-order valence-corrected chi connectivity index (χ4v) is 2.67. The van der Waals surface area contributed by atoms with Gasteiger partial charge in [0.15, 0.2) is 11.4 Å². The normalized spacial score (nSPS) is 15.3. The van der Waals surface area contributed by atoms with Gasteiger partial charge in [-0.05, 0) is 31.2 Å². The fourth-order valence-electron chi connectivity index (χ4n) is 2.67. The molecule has 0 bridgehead atoms. The van der Waals surface area contributed by atoms with E-state index in [4.69, 9.17) is 0 Å². The third kappa shape index (κ3) is 4.13. The molecule has 0 radical (unpaired) electrons. The summed E-state index contributed by atoms with van der Waals surface area (Å²) in [4.78, 5) is 13.9. The molecule has 1 aromatic carbocycles. The number of alkyl halides is 3. The lowest BCUT2D eigenvalue weighted by Crippen LogP contribution is -2.35. The molecule has 1 aromatic heterocycles. The fraction of sp³-hybridized carbons (Fsp3) is 0.400. The molecule has 1 fully saturated rings. The molecule has 6 nitrogen and oxygen atoms in total. The Morgan fingerprint density at radius 3 is 2.65 bits per heavy atom. The van der Waals surface area contributed by atoms with E-state index in [-0.39, 0.29) is 24.6 Å². The standard InChI is InChI=1S/C15H15F4N5O.ClH/c16-10-3-1-4-11(9-10)24-13(15(17,18)19)12(21-22-24)14(25)23-7-2-5-20-6-8-23;/h1,3-4,9,20H,2,5-8H2;1H. The number of hydrogen-bond donors (Lipinski definition) is 1. The van der Waals surface area contributed by atoms with Gasteiger partial charge in [0, 0.05) is 19.6 Å². The predicted octanol–water partition coefficient (Wildman–Crippen LogP) is 2.28. The largest absolute Gasteiger partial charge is 0.435 e. The molecule has 0 atom stereocenters. The van der Waals surface area contributed by atoms with E-state index in [9.17, 15) is 22.4 Å². The van der Waals surface area contributed by atoms with Gasteiger partial charge >= 0.3 is 6.18 Å². The third-order valence-corrected chi connectivity index (χ3v) is 3.82. The Morgan fingerprint density at radius 1 is 1.19 bits per heavy atom. The van der Waals surface area contributed by atoms with Crippen molar-refractivity contribution in [3.05, 3.63) is 41.5 Å². The average molecular weight is 394 g/mol. The van der Waals surface area contributed by atoms with E-state index in [1.807, 2.05) is 0 Å². The number of carbonyl (C=O) groups is 1. The van der Waals surface area contributed by atoms with Crippen LogP contribution in [-0.2, 0) is 6.18 Å². The highest BCUT2D eigenvalue weighted by molar-refractivity contribution is 5.93. The van der Waals surface area contributed by atoms with Crippen molar-refractivity contribution in [2.45, 2.75) is 12.6 Å². The summed E-state index contributed by atoms with van der Waals surface area (Å²) in [6, 6.07) is 4.52. The van der Waals surface area contributed by atoms with Crippen molar-refractivity contribution in [2.75, 3.05) is 26.2 Å². The maximum atomic E-state index is 13.6. The van der Waals surface area contributed by atoms with E-state index < -0.39 is 29.3 Å². The quantitative estimate of drug-likeness (QED) is 0.795. The lowest BCUT2D eigenvalue weighted by molar-refractivity contribution is -0.143. The summed E-state index contributed by atoms with van der Waals surface area (Å²) in [5.41, 5.74) is -2.24. The second-order valence-corrected chi connectivity index (χ2v) is 5.57. The van der Waals surface area contributed by atoms with Crippen molar-refractivity contribution in [1.82, 2.24) is 25.2 Å². The van der Waals surface area contributed by atoms with Crippen molar-refractivity contribution in [3.63, 3.8) is 0 Å². The van der Waals surface area contributed by atoms with Gasteiger partial charge in [0.25, 0.3) is 5.91 Å². The minimum absolute atomic E-state index is 0. The zero-order chi connectivity index (χ0) is 18.0. The van der Waals surface area contributed by atoms with Crippen molar-refractivity contribution >= 4 is 18.3 Å². The van der Waals surface area contributed by atoms with E-state index >= 15 is 0 Å². The van der Waals surface area contributed by atoms with Gasteiger partial charge < -0.3 is 10.2 Å². The number of carbonyl (C=O) groups excluding carboxylic acids is 1. The molecule has 1 aliphatic heterocycles. The van der Waals surface area contributed by atoms with Crippen LogP contribution >= 0.6 is 12.4 Å². The molecule has 0 aliphatic carbocycles. The molecule has 1 amide bonds. The summed E-state index contributed by atoms with van der Waals surface area (Å²) in [5, 5.41) is 9.97. The Hall–Kier alpha value is -2.20. The van der Waals surface area contributed by atoms with Gasteiger partial charge in [0.05, 0.1) is 5.69 Å². The molecule has 1 saturated heterocycles. The molecule has 2 aromatic rings. The number of halogens is 5. The van der Waals surface area contributed by atoms with Crippen LogP contribution in [0.5, 0.6) is 0 Å². The number of hydrogen-bond acceptors (Lipinski definition) is 4. The van der Waals surface area contributed by atoms with E-state index in [0.717, 1.165) is 12.1 Å². The SMILES string of the molecule is Cl.O=C(c1nnn(-c2cccc(F)c2)c1C(F)(F)F)N1CCCNCC1. The smallest absolute Gasteiger partial charge is 0.336 e. The number of nitrogens with one attached hydrogen (secondary N) is 1. The van der Waals surface area contributed by atoms with Crippen LogP contribution in [0.1, 0.15) is 22.6 Å². The average Bonchev–Trinajstić information content (AvgIpc) is 2.83. The molecule has 2 heterocycles. The van der Waals surface area contributed by atoms with Crippen LogP contribution in [0.3, 0.4) is 0 Å². The maximum Gasteiger partial charge on any atom is 0.435 e. The molecule has 1 N–H and O–H groups in total. The molecule has 26 heavy (non-hydrogen) atoms. The van der Waals surface area contributed by atoms with E-state index in [1.54, 1.807) is 0 Å². The molecule has 0 spiro atoms. The van der Waals surface area contributed by atoms with Gasteiger partial charge in [-0.1, -0.05) is 11.3 Å². The van der Waals surface area contributed by atoms with Crippen LogP contribution in [0.25, 0.3) is 5.69 Å². The van der Waals surface area contributed by atoms with Gasteiger partial charge in [0.1, 0.15) is 5.82 Å². The van der Waals surface area contributed by atoms with Crippen molar-refractivity contribution in [3.8, 4) is 5.69 Å². The van der Waals surface area contributed by atoms with Crippen LogP contribution in [0.15, 0.2) is 24.3 Å². The van der Waals surface area contributed by atoms with Crippen LogP contribution in [0, 0.1) is 5.82 Å². The van der Waals surface area contributed by atoms with Gasteiger partial charge in [0.2, 0.25) is 0 Å². The zero-order valence-corrected chi connectivity index (χ0v) is 14.3. The highest BCUT2D eigenvalue weighted by Crippen LogP contribution is 2.33. The van der Waals surface area contributed by atoms with Crippen molar-refractivity contribution in [1.29, 1.82) is 0 Å². The van der Waals surface area contributed by atoms with Gasteiger partial charge in [-0.2, -0.15) is 13.2 Å². The highest BCUT2D eigenvalue weighted by Gasteiger charge is 2.43. The molecule has 11 heteroatoms. The Morgan fingerprint density at radius 2 is 1.96 bits per heavy atom. The Kier molecular flexibility index (Phi) is 6.19. The first kappa shape index (κ1) is 20.1. The second-order valence-electron chi connectivity index (χ2n) is 5.57. The molecular weight excluding hydrogens is 378 g/mol. The predicted molar refractivity (Wildman–Crippen MR) is 87.0 cm³/mol. The van der Waals surface area contributed by atoms with E-state index in [2.05, 4.69) is 15.6 Å². The summed E-state index contributed by atoms with van der Waals surface area (Å²) < 4.78 is 54.5. The van der Waals surface area contributed by atoms with Crippen LogP contribution in [0.2, 0.25) is 0 Å². The summed E-state index contributed by atoms with van der Waals surface area (Å²) in [7, 11) is 0. The molecule has 1 aliphatic rings. The highest BCUT2D eigenvalue weighted by atomic mass is 35.5. The topological polar surface area (TPSA) is 63.1 Å². The minimum atomic E-state index is -4.87. The monoisotopic (exact) mass is 393 g/mol. The Bertz CT molecular complexity index is 772. The Labute approximate surface area is 152 Å². The number of benzene rings is 1. The number of aromatic nitrogens is 3. The van der Waals surface area contributed by atoms with Crippen molar-refractivity contribution in [2.24, 2.45) is 0 Å². The van der Waals surface area contributed by atoms with Crippen LogP contribution in [-0.4, -0.2) is 52.0 Å². The second kappa shape index (κ2) is 8.00. The van der Waals surface area contributed by atoms with Crippen LogP contribution in [0.4, 0.5) is 17.6 Å². The zero-order valence-electron chi connectivity index (χ0n) is 13.5. The van der Waals surface area contributed by atoms with Gasteiger partial charge in [-0.15, -0.1) is 17.5 Å². The Balaban J connectivity index is 0.00000243. The minimum Gasteiger partial charge on any atom is -0.336 e. The third-order valence-electron chi connectivity index (χ3n) is 3.82. The first-order valence-corrected chi connectivity index (χ1v) is 7.67. The number of rotatable bonds is 2. The van der Waals surface area contributed by atoms with E-state index in [1.165, 1.54) is 17.0 Å². The van der Waals surface area contributed by atoms with Gasteiger partial charge in [-0.25, -0.2) is 9.07 Å². The van der Waals surface area contributed by atoms with Crippen LogP contribution < -0.4 is 5.32 Å². The maximum absolute atomic E-state index is 13.6. The lowest BCUT2D eigenvalue weighted by Gasteiger charge is -2.19. The molecule has 0 saturated carbocycles. The number of nitrogens with zero attached hydrogens (tertiary/aromatic N) is 4. The summed E-state index contributed by atoms with van der Waals surface area (Å²) in [6.45, 7) is 1.79. The van der Waals surface area contributed by atoms with Gasteiger partial charge in [-0.3, -0.25) is 4.79 Å². The number of amides is 1. The molecule has 142 valence electrons. The first-order chi connectivity index (χ1) is 11.9. The summed E-state index contributed by atoms with van der Waals surface area (Å²) in [5.74, 6) is -1.55. The first-order valence-electron chi connectivity index (χ1n) is 7.67. The molecular formula is C15H16ClF4N5O. The molecule has 3 rings (SSSR count). The van der Waals surface area contributed by atoms with E-state index in [0.29, 0.717) is 30.7 Å². The summed E-state index contributed by atoms with van der Waals surface area (Å²) >= 11 is 0. The summed E-state index contributed by atoms with van der Waals surface area (Å²) in [6.07, 6.45) is -4.24.